The molecule has 195 valence electrons. The topological polar surface area (TPSA) is 97.8 Å². The number of nitrogens with zero attached hydrogens (tertiary/aromatic N) is 2. The number of hydrogen-bond donors (Lipinski definition) is 4. The number of halogens is 2. The van der Waals surface area contributed by atoms with Crippen molar-refractivity contribution in [2.45, 2.75) is 43.3 Å². The van der Waals surface area contributed by atoms with Gasteiger partial charge in [-0.2, -0.15) is 6.07 Å². The smallest absolute Gasteiger partial charge is 0.774 e. The molecule has 2 aromatic carbocycles. The van der Waals surface area contributed by atoms with E-state index in [1.807, 2.05) is 5.59 Å². The molecule has 3 aromatic rings. The van der Waals surface area contributed by atoms with Crippen LogP contribution in [-0.4, -0.2) is 69.5 Å². The largest absolute Gasteiger partial charge is 2.00 e. The van der Waals surface area contributed by atoms with E-state index in [1.54, 1.807) is 0 Å². The molecule has 0 saturated carbocycles. The van der Waals surface area contributed by atoms with Crippen molar-refractivity contribution in [1.29, 1.82) is 0 Å². The SMILES string of the molecule is Fc1c[c-]cc(F)c1.[Mn+2].[O-]NN1CCC(O)(C(O)CN2CCC(c3c[nH]c4ccccc34)CC2)CC1. The molecule has 1 aromatic heterocycles. The zero-order valence-corrected chi connectivity index (χ0v) is 21.1. The van der Waals surface area contributed by atoms with E-state index in [0.717, 1.165) is 44.1 Å². The molecular weight excluding hydrogens is 509 g/mol. The quantitative estimate of drug-likeness (QED) is 0.225. The number of aliphatic hydroxyl groups is 2. The van der Waals surface area contributed by atoms with E-state index >= 15 is 0 Å². The van der Waals surface area contributed by atoms with E-state index in [4.69, 9.17) is 0 Å². The number of para-hydroxylation sites is 1. The number of piperidine rings is 2. The second-order valence-electron chi connectivity index (χ2n) is 9.43. The molecule has 2 saturated heterocycles. The molecule has 0 bridgehead atoms. The van der Waals surface area contributed by atoms with Crippen LogP contribution in [0.3, 0.4) is 0 Å². The number of rotatable bonds is 5. The van der Waals surface area contributed by atoms with Gasteiger partial charge in [0.2, 0.25) is 0 Å². The Morgan fingerprint density at radius 1 is 1.11 bits per heavy atom. The van der Waals surface area contributed by atoms with Gasteiger partial charge in [-0.3, -0.25) is 13.8 Å². The van der Waals surface area contributed by atoms with Crippen LogP contribution in [0.25, 0.3) is 10.9 Å². The number of benzene rings is 2. The first-order valence-electron chi connectivity index (χ1n) is 12.0. The molecule has 1 atom stereocenters. The molecule has 5 rings (SSSR count). The molecule has 7 nitrogen and oxygen atoms in total. The number of H-pyrrole nitrogens is 1. The second-order valence-corrected chi connectivity index (χ2v) is 9.43. The molecule has 0 aliphatic carbocycles. The fourth-order valence-electron chi connectivity index (χ4n) is 5.01. The summed E-state index contributed by atoms with van der Waals surface area (Å²) in [6.07, 6.45) is 4.29. The average Bonchev–Trinajstić information content (AvgIpc) is 3.29. The van der Waals surface area contributed by atoms with Crippen LogP contribution in [0.5, 0.6) is 0 Å². The Hall–Kier alpha value is -1.88. The number of hydrazine groups is 1. The van der Waals surface area contributed by atoms with Crippen molar-refractivity contribution in [3.05, 3.63) is 77.1 Å². The number of nitrogens with one attached hydrogen (secondary N) is 2. The summed E-state index contributed by atoms with van der Waals surface area (Å²) in [6.45, 7) is 3.25. The second kappa shape index (κ2) is 13.1. The van der Waals surface area contributed by atoms with Gasteiger partial charge in [-0.05, 0) is 56.3 Å². The maximum absolute atomic E-state index is 11.9. The third-order valence-electron chi connectivity index (χ3n) is 7.18. The fraction of sp³-hybridized carbons (Fsp3) is 0.462. The number of aliphatic hydroxyl groups excluding tert-OH is 1. The predicted octanol–water partition coefficient (Wildman–Crippen LogP) is 3.30. The van der Waals surface area contributed by atoms with Gasteiger partial charge in [0.15, 0.2) is 0 Å². The molecular formula is C26H32F2MnN4O3. The van der Waals surface area contributed by atoms with Crippen LogP contribution >= 0.6 is 0 Å². The third kappa shape index (κ3) is 7.11. The van der Waals surface area contributed by atoms with Crippen LogP contribution in [-0.2, 0) is 17.1 Å². The van der Waals surface area contributed by atoms with Crippen molar-refractivity contribution in [1.82, 2.24) is 20.5 Å². The van der Waals surface area contributed by atoms with Crippen molar-refractivity contribution in [3.63, 3.8) is 0 Å². The summed E-state index contributed by atoms with van der Waals surface area (Å²) in [5.74, 6) is -0.654. The Morgan fingerprint density at radius 3 is 2.33 bits per heavy atom. The van der Waals surface area contributed by atoms with Crippen molar-refractivity contribution in [2.24, 2.45) is 0 Å². The van der Waals surface area contributed by atoms with Gasteiger partial charge in [0.25, 0.3) is 0 Å². The van der Waals surface area contributed by atoms with E-state index in [1.165, 1.54) is 21.5 Å². The Kier molecular flexibility index (Phi) is 10.4. The van der Waals surface area contributed by atoms with Gasteiger partial charge in [-0.15, -0.1) is 18.2 Å². The first-order chi connectivity index (χ1) is 16.9. The molecule has 2 fully saturated rings. The van der Waals surface area contributed by atoms with Gasteiger partial charge in [0.1, 0.15) is 0 Å². The third-order valence-corrected chi connectivity index (χ3v) is 7.18. The molecule has 10 heteroatoms. The molecule has 36 heavy (non-hydrogen) atoms. The summed E-state index contributed by atoms with van der Waals surface area (Å²) in [6, 6.07) is 13.6. The van der Waals surface area contributed by atoms with Crippen molar-refractivity contribution >= 4 is 10.9 Å². The van der Waals surface area contributed by atoms with Crippen LogP contribution in [0.1, 0.15) is 37.2 Å². The van der Waals surface area contributed by atoms with Crippen LogP contribution in [0.2, 0.25) is 0 Å². The zero-order valence-electron chi connectivity index (χ0n) is 20.0. The Bertz CT molecular complexity index is 1070. The monoisotopic (exact) mass is 541 g/mol. The van der Waals surface area contributed by atoms with Gasteiger partial charge in [-0.1, -0.05) is 18.2 Å². The fourth-order valence-corrected chi connectivity index (χ4v) is 5.01. The Morgan fingerprint density at radius 2 is 1.75 bits per heavy atom. The van der Waals surface area contributed by atoms with E-state index in [-0.39, 0.29) is 17.1 Å². The summed E-state index contributed by atoms with van der Waals surface area (Å²) >= 11 is 0. The first-order valence-corrected chi connectivity index (χ1v) is 12.0. The molecule has 1 radical (unpaired) electrons. The van der Waals surface area contributed by atoms with Gasteiger partial charge >= 0.3 is 17.1 Å². The molecule has 2 aliphatic rings. The van der Waals surface area contributed by atoms with E-state index < -0.39 is 23.3 Å². The summed E-state index contributed by atoms with van der Waals surface area (Å²) in [7, 11) is 0. The van der Waals surface area contributed by atoms with Crippen LogP contribution < -0.4 is 5.59 Å². The van der Waals surface area contributed by atoms with Crippen LogP contribution in [0.15, 0.2) is 48.7 Å². The predicted molar refractivity (Wildman–Crippen MR) is 130 cm³/mol. The van der Waals surface area contributed by atoms with E-state index in [2.05, 4.69) is 46.4 Å². The first kappa shape index (κ1) is 28.7. The summed E-state index contributed by atoms with van der Waals surface area (Å²) in [5, 5.41) is 34.9. The minimum Gasteiger partial charge on any atom is -0.774 e. The number of β-amino-alcohol motifs (C(OH)–C–C–N with tert-alkyl or cyclic N) is 1. The van der Waals surface area contributed by atoms with Crippen LogP contribution in [0.4, 0.5) is 8.78 Å². The number of fused-ring (bicyclic) bond motifs is 1. The van der Waals surface area contributed by atoms with Gasteiger partial charge in [-0.25, -0.2) is 0 Å². The number of aromatic amines is 1. The molecule has 0 amide bonds. The maximum Gasteiger partial charge on any atom is 2.00 e. The van der Waals surface area contributed by atoms with E-state index in [0.29, 0.717) is 38.4 Å². The van der Waals surface area contributed by atoms with Crippen LogP contribution in [0, 0.1) is 22.9 Å². The normalized spacial score (nSPS) is 19.8. The summed E-state index contributed by atoms with van der Waals surface area (Å²) < 4.78 is 23.8. The van der Waals surface area contributed by atoms with Gasteiger partial charge in [0, 0.05) is 48.4 Å². The van der Waals surface area contributed by atoms with Gasteiger partial charge in [0.05, 0.1) is 11.7 Å². The Balaban J connectivity index is 0.000000344. The number of likely N-dealkylation sites (tertiary alicyclic amines) is 1. The summed E-state index contributed by atoms with van der Waals surface area (Å²) in [5.41, 5.74) is 3.35. The molecule has 4 N–H and O–H groups in total. The van der Waals surface area contributed by atoms with Gasteiger partial charge < -0.3 is 30.9 Å². The van der Waals surface area contributed by atoms with E-state index in [9.17, 15) is 24.2 Å². The number of aromatic nitrogens is 1. The molecule has 2 aliphatic heterocycles. The minimum absolute atomic E-state index is 0. The average molecular weight is 542 g/mol. The molecule has 3 heterocycles. The number of hydrogen-bond acceptors (Lipinski definition) is 6. The van der Waals surface area contributed by atoms with Crippen molar-refractivity contribution < 1.29 is 36.1 Å². The Labute approximate surface area is 220 Å². The molecule has 1 unspecified atom stereocenters. The maximum atomic E-state index is 11.9. The standard InChI is InChI=1S/C20H29N4O3.C6H3F2.Mn/c25-19(20(26)7-11-24(22-27)12-8-20)14-23-9-5-15(6-10-23)17-13-21-18-4-2-1-3-16(17)18;7-5-2-1-3-6(8)4-5;/h1-4,13,15,19,21-22,25-26H,5-12,14H2;2-4H;/q2*-1;+2. The minimum atomic E-state index is -1.10. The zero-order chi connectivity index (χ0) is 24.8. The molecule has 0 spiro atoms. The summed E-state index contributed by atoms with van der Waals surface area (Å²) in [4.78, 5) is 5.62. The van der Waals surface area contributed by atoms with Crippen molar-refractivity contribution in [2.75, 3.05) is 32.7 Å². The van der Waals surface area contributed by atoms with Crippen molar-refractivity contribution in [3.8, 4) is 0 Å².